The van der Waals surface area contributed by atoms with Gasteiger partial charge in [0, 0.05) is 7.05 Å². The SMILES string of the molecule is Cn1ncc(NC(=O)c2c(F)cccc2F)c1C(=O)NCc1ccco1. The Morgan fingerprint density at radius 3 is 2.54 bits per heavy atom. The molecule has 0 spiro atoms. The summed E-state index contributed by atoms with van der Waals surface area (Å²) in [6.07, 6.45) is 2.69. The molecule has 0 bridgehead atoms. The van der Waals surface area contributed by atoms with Gasteiger partial charge in [-0.05, 0) is 24.3 Å². The molecule has 0 saturated heterocycles. The number of aryl methyl sites for hydroxylation is 1. The van der Waals surface area contributed by atoms with Crippen LogP contribution in [0, 0.1) is 11.6 Å². The zero-order chi connectivity index (χ0) is 18.7. The normalized spacial score (nSPS) is 10.6. The van der Waals surface area contributed by atoms with E-state index in [0.29, 0.717) is 5.76 Å². The monoisotopic (exact) mass is 360 g/mol. The van der Waals surface area contributed by atoms with E-state index in [1.54, 1.807) is 12.1 Å². The largest absolute Gasteiger partial charge is 0.467 e. The van der Waals surface area contributed by atoms with E-state index in [-0.39, 0.29) is 17.9 Å². The fourth-order valence-electron chi connectivity index (χ4n) is 2.36. The van der Waals surface area contributed by atoms with Crippen LogP contribution in [0.4, 0.5) is 14.5 Å². The van der Waals surface area contributed by atoms with Gasteiger partial charge in [0.1, 0.15) is 28.7 Å². The number of amides is 2. The number of carbonyl (C=O) groups excluding carboxylic acids is 2. The quantitative estimate of drug-likeness (QED) is 0.732. The number of furan rings is 1. The summed E-state index contributed by atoms with van der Waals surface area (Å²) < 4.78 is 33.8. The summed E-state index contributed by atoms with van der Waals surface area (Å²) in [5.41, 5.74) is -0.683. The first kappa shape index (κ1) is 17.3. The number of nitrogens with zero attached hydrogens (tertiary/aromatic N) is 2. The van der Waals surface area contributed by atoms with Crippen LogP contribution in [0.25, 0.3) is 0 Å². The van der Waals surface area contributed by atoms with Crippen LogP contribution in [-0.2, 0) is 13.6 Å². The molecule has 1 aromatic carbocycles. The van der Waals surface area contributed by atoms with Crippen molar-refractivity contribution in [3.05, 3.63) is 71.4 Å². The zero-order valence-corrected chi connectivity index (χ0v) is 13.6. The maximum Gasteiger partial charge on any atom is 0.272 e. The van der Waals surface area contributed by atoms with E-state index in [1.807, 2.05) is 0 Å². The molecule has 134 valence electrons. The fourth-order valence-corrected chi connectivity index (χ4v) is 2.36. The third kappa shape index (κ3) is 3.46. The number of halogens is 2. The van der Waals surface area contributed by atoms with Crippen molar-refractivity contribution < 1.29 is 22.8 Å². The van der Waals surface area contributed by atoms with Gasteiger partial charge >= 0.3 is 0 Å². The lowest BCUT2D eigenvalue weighted by Gasteiger charge is -2.09. The van der Waals surface area contributed by atoms with Gasteiger partial charge < -0.3 is 15.1 Å². The van der Waals surface area contributed by atoms with Gasteiger partial charge in [-0.2, -0.15) is 5.10 Å². The standard InChI is InChI=1S/C17H14F2N4O3/c1-23-15(17(25)20-8-10-4-3-7-26-10)13(9-21-23)22-16(24)14-11(18)5-2-6-12(14)19/h2-7,9H,8H2,1H3,(H,20,25)(H,22,24). The number of anilines is 1. The summed E-state index contributed by atoms with van der Waals surface area (Å²) in [6.45, 7) is 0.131. The molecule has 2 aromatic heterocycles. The second-order valence-corrected chi connectivity index (χ2v) is 5.34. The van der Waals surface area contributed by atoms with Crippen LogP contribution in [0.5, 0.6) is 0 Å². The van der Waals surface area contributed by atoms with Gasteiger partial charge in [0.05, 0.1) is 24.7 Å². The second-order valence-electron chi connectivity index (χ2n) is 5.34. The first-order valence-electron chi connectivity index (χ1n) is 7.55. The Kier molecular flexibility index (Phi) is 4.78. The van der Waals surface area contributed by atoms with Crippen molar-refractivity contribution in [1.29, 1.82) is 0 Å². The van der Waals surface area contributed by atoms with Gasteiger partial charge in [-0.25, -0.2) is 8.78 Å². The Morgan fingerprint density at radius 2 is 1.88 bits per heavy atom. The minimum absolute atomic E-state index is 0.0251. The number of hydrogen-bond acceptors (Lipinski definition) is 4. The molecular formula is C17H14F2N4O3. The third-order valence-corrected chi connectivity index (χ3v) is 3.60. The lowest BCUT2D eigenvalue weighted by Crippen LogP contribution is -2.27. The molecule has 3 aromatic rings. The van der Waals surface area contributed by atoms with Crippen molar-refractivity contribution in [3.63, 3.8) is 0 Å². The predicted molar refractivity (Wildman–Crippen MR) is 87.4 cm³/mol. The average Bonchev–Trinajstić information content (AvgIpc) is 3.22. The Morgan fingerprint density at radius 1 is 1.15 bits per heavy atom. The first-order valence-corrected chi connectivity index (χ1v) is 7.55. The minimum atomic E-state index is -1.02. The smallest absolute Gasteiger partial charge is 0.272 e. The number of carbonyl (C=O) groups is 2. The Hall–Kier alpha value is -3.49. The van der Waals surface area contributed by atoms with E-state index in [1.165, 1.54) is 24.2 Å². The molecule has 3 rings (SSSR count). The summed E-state index contributed by atoms with van der Waals surface area (Å²) in [4.78, 5) is 24.6. The predicted octanol–water partition coefficient (Wildman–Crippen LogP) is 2.47. The van der Waals surface area contributed by atoms with Gasteiger partial charge in [-0.3, -0.25) is 14.3 Å². The maximum atomic E-state index is 13.7. The van der Waals surface area contributed by atoms with Crippen LogP contribution >= 0.6 is 0 Å². The zero-order valence-electron chi connectivity index (χ0n) is 13.6. The molecule has 26 heavy (non-hydrogen) atoms. The number of rotatable bonds is 5. The van der Waals surface area contributed by atoms with Crippen LogP contribution in [-0.4, -0.2) is 21.6 Å². The van der Waals surface area contributed by atoms with Gasteiger partial charge in [-0.15, -0.1) is 0 Å². The molecule has 2 amide bonds. The summed E-state index contributed by atoms with van der Waals surface area (Å²) in [7, 11) is 1.50. The molecule has 0 atom stereocenters. The molecule has 7 nitrogen and oxygen atoms in total. The fraction of sp³-hybridized carbons (Fsp3) is 0.118. The van der Waals surface area contributed by atoms with Crippen LogP contribution < -0.4 is 10.6 Å². The van der Waals surface area contributed by atoms with Crippen molar-refractivity contribution >= 4 is 17.5 Å². The van der Waals surface area contributed by atoms with Gasteiger partial charge in [-0.1, -0.05) is 6.07 Å². The van der Waals surface area contributed by atoms with E-state index in [0.717, 1.165) is 18.2 Å². The molecule has 0 radical (unpaired) electrons. The van der Waals surface area contributed by atoms with Crippen LogP contribution in [0.15, 0.2) is 47.2 Å². The summed E-state index contributed by atoms with van der Waals surface area (Å²) >= 11 is 0. The molecule has 0 saturated carbocycles. The van der Waals surface area contributed by atoms with Gasteiger partial charge in [0.2, 0.25) is 0 Å². The lowest BCUT2D eigenvalue weighted by molar-refractivity contribution is 0.0939. The molecule has 0 aliphatic carbocycles. The van der Waals surface area contributed by atoms with Gasteiger partial charge in [0.15, 0.2) is 0 Å². The molecule has 2 heterocycles. The van der Waals surface area contributed by atoms with Crippen molar-refractivity contribution in [3.8, 4) is 0 Å². The molecule has 0 aliphatic heterocycles. The van der Waals surface area contributed by atoms with Crippen LogP contribution in [0.3, 0.4) is 0 Å². The third-order valence-electron chi connectivity index (χ3n) is 3.60. The highest BCUT2D eigenvalue weighted by Gasteiger charge is 2.22. The summed E-state index contributed by atoms with van der Waals surface area (Å²) in [5.74, 6) is -3.02. The van der Waals surface area contributed by atoms with Gasteiger partial charge in [0.25, 0.3) is 11.8 Å². The average molecular weight is 360 g/mol. The molecular weight excluding hydrogens is 346 g/mol. The number of nitrogens with one attached hydrogen (secondary N) is 2. The number of benzene rings is 1. The van der Waals surface area contributed by atoms with E-state index in [2.05, 4.69) is 15.7 Å². The highest BCUT2D eigenvalue weighted by molar-refractivity contribution is 6.08. The van der Waals surface area contributed by atoms with Crippen molar-refractivity contribution in [2.45, 2.75) is 6.54 Å². The van der Waals surface area contributed by atoms with E-state index in [9.17, 15) is 18.4 Å². The highest BCUT2D eigenvalue weighted by atomic mass is 19.1. The number of hydrogen-bond donors (Lipinski definition) is 2. The molecule has 0 unspecified atom stereocenters. The maximum absolute atomic E-state index is 13.7. The Labute approximate surface area is 146 Å². The summed E-state index contributed by atoms with van der Waals surface area (Å²) in [6, 6.07) is 6.46. The molecule has 0 fully saturated rings. The first-order chi connectivity index (χ1) is 12.5. The topological polar surface area (TPSA) is 89.2 Å². The van der Waals surface area contributed by atoms with Crippen molar-refractivity contribution in [2.24, 2.45) is 7.05 Å². The Balaban J connectivity index is 1.79. The lowest BCUT2D eigenvalue weighted by atomic mass is 10.2. The summed E-state index contributed by atoms with van der Waals surface area (Å²) in [5, 5.41) is 8.83. The molecule has 9 heteroatoms. The van der Waals surface area contributed by atoms with Crippen molar-refractivity contribution in [1.82, 2.24) is 15.1 Å². The van der Waals surface area contributed by atoms with E-state index < -0.39 is 29.0 Å². The van der Waals surface area contributed by atoms with Crippen molar-refractivity contribution in [2.75, 3.05) is 5.32 Å². The van der Waals surface area contributed by atoms with Crippen LogP contribution in [0.1, 0.15) is 26.6 Å². The Bertz CT molecular complexity index is 931. The van der Waals surface area contributed by atoms with Crippen LogP contribution in [0.2, 0.25) is 0 Å². The van der Waals surface area contributed by atoms with E-state index in [4.69, 9.17) is 4.42 Å². The second kappa shape index (κ2) is 7.18. The minimum Gasteiger partial charge on any atom is -0.467 e. The van der Waals surface area contributed by atoms with E-state index >= 15 is 0 Å². The molecule has 0 aliphatic rings. The highest BCUT2D eigenvalue weighted by Crippen LogP contribution is 2.18. The molecule has 2 N–H and O–H groups in total. The number of aromatic nitrogens is 2.